The summed E-state index contributed by atoms with van der Waals surface area (Å²) >= 11 is 0. The normalized spacial score (nSPS) is 13.2. The van der Waals surface area contributed by atoms with E-state index in [0.29, 0.717) is 11.7 Å². The van der Waals surface area contributed by atoms with E-state index < -0.39 is 5.60 Å². The minimum atomic E-state index is -1.13. The van der Waals surface area contributed by atoms with Crippen LogP contribution in [0.15, 0.2) is 54.6 Å². The number of rotatable bonds is 6. The summed E-state index contributed by atoms with van der Waals surface area (Å²) in [6, 6.07) is 17.0. The van der Waals surface area contributed by atoms with Crippen LogP contribution in [0.3, 0.4) is 0 Å². The van der Waals surface area contributed by atoms with Gasteiger partial charge < -0.3 is 20.6 Å². The predicted molar refractivity (Wildman–Crippen MR) is 103 cm³/mol. The van der Waals surface area contributed by atoms with Crippen LogP contribution < -0.4 is 15.5 Å². The third-order valence-corrected chi connectivity index (χ3v) is 4.27. The smallest absolute Gasteiger partial charge is 0.319 e. The molecule has 0 aliphatic heterocycles. The first-order chi connectivity index (χ1) is 11.8. The number of benzene rings is 2. The summed E-state index contributed by atoms with van der Waals surface area (Å²) in [5.41, 5.74) is 1.37. The summed E-state index contributed by atoms with van der Waals surface area (Å²) < 4.78 is 0. The summed E-state index contributed by atoms with van der Waals surface area (Å²) in [4.78, 5) is 14.3. The number of amides is 2. The van der Waals surface area contributed by atoms with Crippen LogP contribution in [0.5, 0.6) is 0 Å². The minimum Gasteiger partial charge on any atom is -0.384 e. The van der Waals surface area contributed by atoms with Gasteiger partial charge in [-0.2, -0.15) is 0 Å². The van der Waals surface area contributed by atoms with Gasteiger partial charge in [0.1, 0.15) is 5.60 Å². The summed E-state index contributed by atoms with van der Waals surface area (Å²) in [7, 11) is 2.01. The molecule has 2 amide bonds. The molecular weight excluding hydrogens is 314 g/mol. The summed E-state index contributed by atoms with van der Waals surface area (Å²) in [5.74, 6) is 0. The predicted octanol–water partition coefficient (Wildman–Crippen LogP) is 3.56. The van der Waals surface area contributed by atoms with Crippen molar-refractivity contribution in [2.24, 2.45) is 0 Å². The molecule has 0 heterocycles. The molecule has 3 N–H and O–H groups in total. The molecule has 0 fully saturated rings. The van der Waals surface area contributed by atoms with Gasteiger partial charge in [-0.25, -0.2) is 4.79 Å². The third-order valence-electron chi connectivity index (χ3n) is 4.27. The Morgan fingerprint density at radius 1 is 1.16 bits per heavy atom. The Balaban J connectivity index is 1.96. The van der Waals surface area contributed by atoms with Crippen molar-refractivity contribution in [2.75, 3.05) is 23.8 Å². The number of aliphatic hydroxyl groups is 1. The summed E-state index contributed by atoms with van der Waals surface area (Å²) in [5, 5.41) is 16.1. The zero-order valence-electron chi connectivity index (χ0n) is 15.3. The van der Waals surface area contributed by atoms with Crippen molar-refractivity contribution >= 4 is 17.4 Å². The fourth-order valence-corrected chi connectivity index (χ4v) is 2.43. The molecule has 2 aromatic rings. The monoisotopic (exact) mass is 341 g/mol. The molecule has 2 aromatic carbocycles. The number of nitrogens with zero attached hydrogens (tertiary/aromatic N) is 1. The van der Waals surface area contributed by atoms with Crippen molar-refractivity contribution < 1.29 is 9.90 Å². The quantitative estimate of drug-likeness (QED) is 0.753. The molecule has 134 valence electrons. The number of urea groups is 1. The highest BCUT2D eigenvalue weighted by Gasteiger charge is 2.23. The van der Waals surface area contributed by atoms with E-state index in [2.05, 4.69) is 29.4 Å². The van der Waals surface area contributed by atoms with E-state index in [1.807, 2.05) is 61.6 Å². The van der Waals surface area contributed by atoms with Gasteiger partial charge in [0, 0.05) is 24.5 Å². The second-order valence-corrected chi connectivity index (χ2v) is 6.70. The lowest BCUT2D eigenvalue weighted by atomic mass is 9.96. The van der Waals surface area contributed by atoms with E-state index in [0.717, 1.165) is 11.3 Å². The zero-order chi connectivity index (χ0) is 18.4. The standard InChI is InChI=1S/C20H27N3O2/c1-15(2)23(4)18-12-8-11-17(13-18)22-19(24)21-14-20(3,25)16-9-6-5-7-10-16/h5-13,15,25H,14H2,1-4H3,(H2,21,22,24). The fraction of sp³-hybridized carbons (Fsp3) is 0.350. The van der Waals surface area contributed by atoms with E-state index in [9.17, 15) is 9.90 Å². The topological polar surface area (TPSA) is 64.6 Å². The highest BCUT2D eigenvalue weighted by atomic mass is 16.3. The van der Waals surface area contributed by atoms with Crippen molar-refractivity contribution in [3.05, 3.63) is 60.2 Å². The molecule has 0 saturated carbocycles. The molecule has 0 aromatic heterocycles. The molecular formula is C20H27N3O2. The van der Waals surface area contributed by atoms with Crippen molar-refractivity contribution in [3.8, 4) is 0 Å². The lowest BCUT2D eigenvalue weighted by Crippen LogP contribution is -2.40. The largest absolute Gasteiger partial charge is 0.384 e. The van der Waals surface area contributed by atoms with E-state index >= 15 is 0 Å². The molecule has 0 bridgehead atoms. The van der Waals surface area contributed by atoms with Crippen molar-refractivity contribution in [3.63, 3.8) is 0 Å². The first-order valence-electron chi connectivity index (χ1n) is 8.45. The maximum absolute atomic E-state index is 12.2. The van der Waals surface area contributed by atoms with Gasteiger partial charge in [-0.1, -0.05) is 36.4 Å². The Labute approximate surface area is 149 Å². The minimum absolute atomic E-state index is 0.119. The van der Waals surface area contributed by atoms with E-state index in [1.54, 1.807) is 6.92 Å². The van der Waals surface area contributed by atoms with Crippen LogP contribution in [0.25, 0.3) is 0 Å². The highest BCUT2D eigenvalue weighted by Crippen LogP contribution is 2.21. The number of hydrogen-bond donors (Lipinski definition) is 3. The number of hydrogen-bond acceptors (Lipinski definition) is 3. The van der Waals surface area contributed by atoms with E-state index in [1.165, 1.54) is 0 Å². The van der Waals surface area contributed by atoms with E-state index in [-0.39, 0.29) is 12.6 Å². The Kier molecular flexibility index (Phi) is 6.04. The number of carbonyl (C=O) groups is 1. The fourth-order valence-electron chi connectivity index (χ4n) is 2.43. The molecule has 0 aliphatic rings. The van der Waals surface area contributed by atoms with Gasteiger partial charge >= 0.3 is 6.03 Å². The molecule has 0 radical (unpaired) electrons. The van der Waals surface area contributed by atoms with E-state index in [4.69, 9.17) is 0 Å². The maximum Gasteiger partial charge on any atom is 0.319 e. The van der Waals surface area contributed by atoms with Crippen LogP contribution in [-0.2, 0) is 5.60 Å². The van der Waals surface area contributed by atoms with Crippen LogP contribution in [0, 0.1) is 0 Å². The molecule has 0 saturated heterocycles. The lowest BCUT2D eigenvalue weighted by Gasteiger charge is -2.25. The molecule has 1 atom stereocenters. The first-order valence-corrected chi connectivity index (χ1v) is 8.45. The van der Waals surface area contributed by atoms with Gasteiger partial charge in [0.25, 0.3) is 0 Å². The number of nitrogens with one attached hydrogen (secondary N) is 2. The lowest BCUT2D eigenvalue weighted by molar-refractivity contribution is 0.0599. The maximum atomic E-state index is 12.2. The second kappa shape index (κ2) is 8.03. The molecule has 1 unspecified atom stereocenters. The van der Waals surface area contributed by atoms with Crippen LogP contribution in [0.1, 0.15) is 26.3 Å². The summed E-state index contributed by atoms with van der Waals surface area (Å²) in [6.45, 7) is 6.02. The molecule has 25 heavy (non-hydrogen) atoms. The molecule has 5 nitrogen and oxygen atoms in total. The Hall–Kier alpha value is -2.53. The molecule has 2 rings (SSSR count). The van der Waals surface area contributed by atoms with Gasteiger partial charge in [-0.15, -0.1) is 0 Å². The summed E-state index contributed by atoms with van der Waals surface area (Å²) in [6.07, 6.45) is 0. The zero-order valence-corrected chi connectivity index (χ0v) is 15.3. The Morgan fingerprint density at radius 2 is 1.84 bits per heavy atom. The van der Waals surface area contributed by atoms with Crippen LogP contribution in [-0.4, -0.2) is 30.8 Å². The van der Waals surface area contributed by atoms with Crippen LogP contribution >= 0.6 is 0 Å². The van der Waals surface area contributed by atoms with Gasteiger partial charge in [0.15, 0.2) is 0 Å². The van der Waals surface area contributed by atoms with Crippen LogP contribution in [0.2, 0.25) is 0 Å². The third kappa shape index (κ3) is 5.22. The van der Waals surface area contributed by atoms with Crippen LogP contribution in [0.4, 0.5) is 16.2 Å². The van der Waals surface area contributed by atoms with Gasteiger partial charge in [-0.3, -0.25) is 0 Å². The number of carbonyl (C=O) groups excluding carboxylic acids is 1. The van der Waals surface area contributed by atoms with Gasteiger partial charge in [-0.05, 0) is 44.5 Å². The van der Waals surface area contributed by atoms with Crippen molar-refractivity contribution in [2.45, 2.75) is 32.4 Å². The number of anilines is 2. The highest BCUT2D eigenvalue weighted by molar-refractivity contribution is 5.89. The second-order valence-electron chi connectivity index (χ2n) is 6.70. The van der Waals surface area contributed by atoms with Gasteiger partial charge in [0.05, 0.1) is 6.54 Å². The molecule has 0 spiro atoms. The van der Waals surface area contributed by atoms with Crippen molar-refractivity contribution in [1.82, 2.24) is 5.32 Å². The van der Waals surface area contributed by atoms with Gasteiger partial charge in [0.2, 0.25) is 0 Å². The Bertz CT molecular complexity index is 699. The molecule has 0 aliphatic carbocycles. The molecule has 5 heteroatoms. The average Bonchev–Trinajstić information content (AvgIpc) is 2.60. The van der Waals surface area contributed by atoms with Crippen molar-refractivity contribution in [1.29, 1.82) is 0 Å². The average molecular weight is 341 g/mol. The first kappa shape index (κ1) is 18.8. The SMILES string of the molecule is CC(C)N(C)c1cccc(NC(=O)NCC(C)(O)c2ccccc2)c1. The Morgan fingerprint density at radius 3 is 2.48 bits per heavy atom.